The Morgan fingerprint density at radius 2 is 2.32 bits per heavy atom. The van der Waals surface area contributed by atoms with E-state index in [1.54, 1.807) is 0 Å². The number of rotatable bonds is 6. The minimum Gasteiger partial charge on any atom is -0.377 e. The van der Waals surface area contributed by atoms with Gasteiger partial charge in [0.05, 0.1) is 6.10 Å². The van der Waals surface area contributed by atoms with Crippen LogP contribution in [0.1, 0.15) is 23.3 Å². The fraction of sp³-hybridized carbons (Fsp3) is 0.667. The third-order valence-corrected chi connectivity index (χ3v) is 6.01. The molecular weight excluding hydrogens is 284 g/mol. The van der Waals surface area contributed by atoms with Crippen molar-refractivity contribution in [3.63, 3.8) is 0 Å². The first kappa shape index (κ1) is 14.9. The Morgan fingerprint density at radius 1 is 1.53 bits per heavy atom. The fourth-order valence-electron chi connectivity index (χ4n) is 2.21. The Kier molecular flexibility index (Phi) is 4.97. The van der Waals surface area contributed by atoms with Crippen LogP contribution in [0.25, 0.3) is 0 Å². The second kappa shape index (κ2) is 6.32. The Labute approximate surface area is 118 Å². The van der Waals surface area contributed by atoms with Crippen LogP contribution in [-0.4, -0.2) is 34.7 Å². The highest BCUT2D eigenvalue weighted by atomic mass is 32.2. The molecule has 0 radical (unpaired) electrons. The van der Waals surface area contributed by atoms with E-state index in [-0.39, 0.29) is 6.10 Å². The first-order valence-electron chi connectivity index (χ1n) is 6.37. The lowest BCUT2D eigenvalue weighted by Gasteiger charge is -2.12. The Bertz CT molecular complexity index is 519. The predicted molar refractivity (Wildman–Crippen MR) is 76.0 cm³/mol. The molecule has 1 unspecified atom stereocenters. The third-order valence-electron chi connectivity index (χ3n) is 3.12. The molecule has 1 saturated heterocycles. The average molecular weight is 304 g/mol. The molecule has 0 aromatic carbocycles. The van der Waals surface area contributed by atoms with Gasteiger partial charge in [-0.25, -0.2) is 13.1 Å². The summed E-state index contributed by atoms with van der Waals surface area (Å²) in [5.41, 5.74) is 0.801. The monoisotopic (exact) mass is 304 g/mol. The number of aryl methyl sites for hydroxylation is 1. The van der Waals surface area contributed by atoms with Crippen molar-refractivity contribution in [2.45, 2.75) is 37.3 Å². The highest BCUT2D eigenvalue weighted by molar-refractivity contribution is 7.89. The molecule has 1 fully saturated rings. The molecule has 108 valence electrons. The van der Waals surface area contributed by atoms with Crippen LogP contribution in [0.4, 0.5) is 0 Å². The molecule has 1 aliphatic heterocycles. The summed E-state index contributed by atoms with van der Waals surface area (Å²) in [6.45, 7) is 3.48. The number of sulfonamides is 1. The zero-order valence-electron chi connectivity index (χ0n) is 11.2. The molecule has 2 N–H and O–H groups in total. The van der Waals surface area contributed by atoms with Crippen molar-refractivity contribution >= 4 is 21.4 Å². The number of hydrogen-bond acceptors (Lipinski definition) is 5. The molecule has 0 spiro atoms. The molecule has 0 saturated carbocycles. The molecule has 0 bridgehead atoms. The smallest absolute Gasteiger partial charge is 0.242 e. The van der Waals surface area contributed by atoms with Crippen molar-refractivity contribution < 1.29 is 13.2 Å². The van der Waals surface area contributed by atoms with Gasteiger partial charge in [-0.3, -0.25) is 0 Å². The minimum absolute atomic E-state index is 0.0152. The second-order valence-corrected chi connectivity index (χ2v) is 7.36. The molecule has 1 aliphatic rings. The molecule has 0 aliphatic carbocycles. The summed E-state index contributed by atoms with van der Waals surface area (Å²) < 4.78 is 32.9. The van der Waals surface area contributed by atoms with Crippen LogP contribution < -0.4 is 10.0 Å². The maximum absolute atomic E-state index is 12.4. The largest absolute Gasteiger partial charge is 0.377 e. The summed E-state index contributed by atoms with van der Waals surface area (Å²) in [7, 11) is -1.64. The molecule has 0 amide bonds. The zero-order valence-corrected chi connectivity index (χ0v) is 12.9. The lowest BCUT2D eigenvalue weighted by Crippen LogP contribution is -2.32. The van der Waals surface area contributed by atoms with E-state index in [9.17, 15) is 8.42 Å². The van der Waals surface area contributed by atoms with Gasteiger partial charge < -0.3 is 10.1 Å². The fourth-order valence-corrected chi connectivity index (χ4v) is 5.10. The molecular formula is C12H20N2O3S2. The van der Waals surface area contributed by atoms with Gasteiger partial charge in [0, 0.05) is 24.6 Å². The van der Waals surface area contributed by atoms with Gasteiger partial charge in [0.25, 0.3) is 0 Å². The lowest BCUT2D eigenvalue weighted by molar-refractivity contribution is 0.114. The van der Waals surface area contributed by atoms with Crippen molar-refractivity contribution in [1.82, 2.24) is 10.0 Å². The summed E-state index contributed by atoms with van der Waals surface area (Å²) in [5.74, 6) is 0. The predicted octanol–water partition coefficient (Wildman–Crippen LogP) is 1.23. The van der Waals surface area contributed by atoms with Crippen LogP contribution in [0.5, 0.6) is 0 Å². The molecule has 1 aromatic heterocycles. The van der Waals surface area contributed by atoms with E-state index in [1.165, 1.54) is 11.3 Å². The first-order valence-corrected chi connectivity index (χ1v) is 8.73. The molecule has 19 heavy (non-hydrogen) atoms. The third kappa shape index (κ3) is 3.55. The van der Waals surface area contributed by atoms with E-state index in [2.05, 4.69) is 10.0 Å². The van der Waals surface area contributed by atoms with E-state index in [0.717, 1.165) is 29.9 Å². The number of hydrogen-bond donors (Lipinski definition) is 2. The summed E-state index contributed by atoms with van der Waals surface area (Å²) in [6, 6.07) is 0. The van der Waals surface area contributed by atoms with Crippen LogP contribution in [0.2, 0.25) is 0 Å². The van der Waals surface area contributed by atoms with E-state index in [1.807, 2.05) is 19.4 Å². The standard InChI is InChI=1S/C12H20N2O3S2/c1-9-8-18-11(7-13-2)12(9)19(15,16)14-6-10-4-3-5-17-10/h8,10,13-14H,3-7H2,1-2H3. The van der Waals surface area contributed by atoms with Gasteiger partial charge in [-0.05, 0) is 37.8 Å². The van der Waals surface area contributed by atoms with Gasteiger partial charge in [-0.1, -0.05) is 0 Å². The van der Waals surface area contributed by atoms with Gasteiger partial charge in [0.2, 0.25) is 10.0 Å². The molecule has 2 rings (SSSR count). The van der Waals surface area contributed by atoms with E-state index in [4.69, 9.17) is 4.74 Å². The van der Waals surface area contributed by atoms with E-state index < -0.39 is 10.0 Å². The van der Waals surface area contributed by atoms with E-state index >= 15 is 0 Å². The van der Waals surface area contributed by atoms with Gasteiger partial charge >= 0.3 is 0 Å². The summed E-state index contributed by atoms with van der Waals surface area (Å²) in [5, 5.41) is 4.88. The Hall–Kier alpha value is -0.470. The summed E-state index contributed by atoms with van der Waals surface area (Å²) in [4.78, 5) is 1.27. The van der Waals surface area contributed by atoms with Crippen molar-refractivity contribution in [2.24, 2.45) is 0 Å². The SMILES string of the molecule is CNCc1scc(C)c1S(=O)(=O)NCC1CCCO1. The van der Waals surface area contributed by atoms with Crippen molar-refractivity contribution in [3.05, 3.63) is 15.8 Å². The van der Waals surface area contributed by atoms with Crippen LogP contribution in [0, 0.1) is 6.92 Å². The van der Waals surface area contributed by atoms with Gasteiger partial charge in [-0.15, -0.1) is 11.3 Å². The Morgan fingerprint density at radius 3 is 2.95 bits per heavy atom. The van der Waals surface area contributed by atoms with E-state index in [0.29, 0.717) is 18.0 Å². The van der Waals surface area contributed by atoms with Crippen molar-refractivity contribution in [3.8, 4) is 0 Å². The van der Waals surface area contributed by atoms with Crippen LogP contribution >= 0.6 is 11.3 Å². The highest BCUT2D eigenvalue weighted by Gasteiger charge is 2.24. The summed E-state index contributed by atoms with van der Waals surface area (Å²) in [6.07, 6.45) is 1.95. The van der Waals surface area contributed by atoms with Gasteiger partial charge in [0.15, 0.2) is 0 Å². The normalized spacial score (nSPS) is 20.0. The van der Waals surface area contributed by atoms with Gasteiger partial charge in [-0.2, -0.15) is 0 Å². The summed E-state index contributed by atoms with van der Waals surface area (Å²) >= 11 is 1.47. The van der Waals surface area contributed by atoms with Crippen LogP contribution in [0.15, 0.2) is 10.3 Å². The topological polar surface area (TPSA) is 67.4 Å². The van der Waals surface area contributed by atoms with Crippen molar-refractivity contribution in [2.75, 3.05) is 20.2 Å². The van der Waals surface area contributed by atoms with Crippen LogP contribution in [-0.2, 0) is 21.3 Å². The molecule has 5 nitrogen and oxygen atoms in total. The Balaban J connectivity index is 2.11. The van der Waals surface area contributed by atoms with Crippen molar-refractivity contribution in [1.29, 1.82) is 0 Å². The maximum Gasteiger partial charge on any atom is 0.242 e. The highest BCUT2D eigenvalue weighted by Crippen LogP contribution is 2.26. The lowest BCUT2D eigenvalue weighted by atomic mass is 10.2. The average Bonchev–Trinajstić information content (AvgIpc) is 2.97. The van der Waals surface area contributed by atoms with Gasteiger partial charge in [0.1, 0.15) is 4.90 Å². The first-order chi connectivity index (χ1) is 9.04. The minimum atomic E-state index is -3.45. The number of nitrogens with one attached hydrogen (secondary N) is 2. The van der Waals surface area contributed by atoms with Crippen LogP contribution in [0.3, 0.4) is 0 Å². The molecule has 1 aromatic rings. The quantitative estimate of drug-likeness (QED) is 0.829. The zero-order chi connectivity index (χ0) is 13.9. The number of ether oxygens (including phenoxy) is 1. The maximum atomic E-state index is 12.4. The molecule has 1 atom stereocenters. The molecule has 2 heterocycles. The second-order valence-electron chi connectivity index (χ2n) is 4.69. The molecule has 7 heteroatoms. The number of thiophene rings is 1.